The first-order chi connectivity index (χ1) is 8.19. The lowest BCUT2D eigenvalue weighted by Crippen LogP contribution is -2.46. The predicted molar refractivity (Wildman–Crippen MR) is 68.5 cm³/mol. The molecule has 3 nitrogen and oxygen atoms in total. The smallest absolute Gasteiger partial charge is 0.118 e. The summed E-state index contributed by atoms with van der Waals surface area (Å²) in [4.78, 5) is 0. The van der Waals surface area contributed by atoms with Gasteiger partial charge in [0, 0.05) is 5.41 Å². The molecule has 0 aliphatic carbocycles. The maximum absolute atomic E-state index is 10.1. The van der Waals surface area contributed by atoms with Gasteiger partial charge in [0.25, 0.3) is 0 Å². The highest BCUT2D eigenvalue weighted by Crippen LogP contribution is 2.37. The summed E-state index contributed by atoms with van der Waals surface area (Å²) >= 11 is 0. The Bertz CT molecular complexity index is 353. The lowest BCUT2D eigenvalue weighted by atomic mass is 9.69. The fourth-order valence-corrected chi connectivity index (χ4v) is 2.74. The molecule has 0 aromatic heterocycles. The van der Waals surface area contributed by atoms with Gasteiger partial charge in [0.15, 0.2) is 0 Å². The van der Waals surface area contributed by atoms with Crippen LogP contribution in [0.25, 0.3) is 0 Å². The predicted octanol–water partition coefficient (Wildman–Crippen LogP) is 1.70. The minimum atomic E-state index is -0.321. The lowest BCUT2D eigenvalue weighted by molar-refractivity contribution is 0.0732. The number of aliphatic hydroxyl groups is 1. The fourth-order valence-electron chi connectivity index (χ4n) is 2.74. The summed E-state index contributed by atoms with van der Waals surface area (Å²) in [6.07, 6.45) is 1.64. The lowest BCUT2D eigenvalue weighted by Gasteiger charge is -2.40. The number of hydrogen-bond acceptors (Lipinski definition) is 3. The first-order valence-electron chi connectivity index (χ1n) is 6.22. The zero-order valence-electron chi connectivity index (χ0n) is 10.6. The zero-order chi connectivity index (χ0) is 12.3. The Morgan fingerprint density at radius 1 is 1.24 bits per heavy atom. The number of methoxy groups -OCH3 is 1. The Morgan fingerprint density at radius 2 is 1.82 bits per heavy atom. The third-order valence-electron chi connectivity index (χ3n) is 3.96. The summed E-state index contributed by atoms with van der Waals surface area (Å²) in [6.45, 7) is 3.84. The highest BCUT2D eigenvalue weighted by molar-refractivity contribution is 5.34. The van der Waals surface area contributed by atoms with Crippen LogP contribution in [0.1, 0.15) is 25.3 Å². The Morgan fingerprint density at radius 3 is 2.29 bits per heavy atom. The van der Waals surface area contributed by atoms with E-state index < -0.39 is 0 Å². The summed E-state index contributed by atoms with van der Waals surface area (Å²) in [5.74, 6) is 0.864. The van der Waals surface area contributed by atoms with Crippen molar-refractivity contribution in [2.75, 3.05) is 20.2 Å². The van der Waals surface area contributed by atoms with Crippen LogP contribution in [0, 0.1) is 0 Å². The van der Waals surface area contributed by atoms with Gasteiger partial charge in [-0.2, -0.15) is 0 Å². The SMILES string of the molecule is COc1ccc(C2(C(C)O)CCNCC2)cc1. The Kier molecular flexibility index (Phi) is 3.69. The van der Waals surface area contributed by atoms with Crippen molar-refractivity contribution in [3.63, 3.8) is 0 Å². The molecule has 1 aliphatic heterocycles. The molecule has 1 unspecified atom stereocenters. The molecule has 1 fully saturated rings. The van der Waals surface area contributed by atoms with Crippen molar-refractivity contribution in [1.29, 1.82) is 0 Å². The Balaban J connectivity index is 2.31. The van der Waals surface area contributed by atoms with Gasteiger partial charge >= 0.3 is 0 Å². The molecule has 2 N–H and O–H groups in total. The van der Waals surface area contributed by atoms with Gasteiger partial charge in [0.2, 0.25) is 0 Å². The van der Waals surface area contributed by atoms with E-state index in [1.807, 2.05) is 19.1 Å². The van der Waals surface area contributed by atoms with Crippen LogP contribution in [-0.2, 0) is 5.41 Å². The summed E-state index contributed by atoms with van der Waals surface area (Å²) in [5.41, 5.74) is 1.12. The van der Waals surface area contributed by atoms with Crippen LogP contribution in [0.2, 0.25) is 0 Å². The second-order valence-electron chi connectivity index (χ2n) is 4.81. The number of ether oxygens (including phenoxy) is 1. The molecule has 2 rings (SSSR count). The van der Waals surface area contributed by atoms with Crippen LogP contribution in [0.4, 0.5) is 0 Å². The number of nitrogens with one attached hydrogen (secondary N) is 1. The van der Waals surface area contributed by atoms with E-state index in [0.717, 1.165) is 31.7 Å². The van der Waals surface area contributed by atoms with E-state index >= 15 is 0 Å². The number of piperidine rings is 1. The summed E-state index contributed by atoms with van der Waals surface area (Å²) in [6, 6.07) is 8.11. The molecule has 1 heterocycles. The third-order valence-corrected chi connectivity index (χ3v) is 3.96. The zero-order valence-corrected chi connectivity index (χ0v) is 10.6. The maximum Gasteiger partial charge on any atom is 0.118 e. The standard InChI is InChI=1S/C14H21NO2/c1-11(16)14(7-9-15-10-8-14)12-3-5-13(17-2)6-4-12/h3-6,11,15-16H,7-10H2,1-2H3. The second kappa shape index (κ2) is 5.07. The summed E-state index contributed by atoms with van der Waals surface area (Å²) < 4.78 is 5.18. The van der Waals surface area contributed by atoms with Gasteiger partial charge in [-0.05, 0) is 50.6 Å². The van der Waals surface area contributed by atoms with E-state index in [-0.39, 0.29) is 11.5 Å². The van der Waals surface area contributed by atoms with Crippen LogP contribution in [-0.4, -0.2) is 31.4 Å². The molecule has 0 saturated carbocycles. The molecule has 3 heteroatoms. The van der Waals surface area contributed by atoms with Crippen molar-refractivity contribution in [3.8, 4) is 5.75 Å². The van der Waals surface area contributed by atoms with Crippen molar-refractivity contribution in [2.24, 2.45) is 0 Å². The fraction of sp³-hybridized carbons (Fsp3) is 0.571. The van der Waals surface area contributed by atoms with Crippen molar-refractivity contribution >= 4 is 0 Å². The Labute approximate surface area is 103 Å². The topological polar surface area (TPSA) is 41.5 Å². The molecular weight excluding hydrogens is 214 g/mol. The van der Waals surface area contributed by atoms with Gasteiger partial charge < -0.3 is 15.2 Å². The van der Waals surface area contributed by atoms with Crippen molar-refractivity contribution in [1.82, 2.24) is 5.32 Å². The van der Waals surface area contributed by atoms with Crippen LogP contribution < -0.4 is 10.1 Å². The molecular formula is C14H21NO2. The highest BCUT2D eigenvalue weighted by atomic mass is 16.5. The average Bonchev–Trinajstić information content (AvgIpc) is 2.39. The van der Waals surface area contributed by atoms with E-state index in [0.29, 0.717) is 0 Å². The van der Waals surface area contributed by atoms with Crippen LogP contribution in [0.5, 0.6) is 5.75 Å². The van der Waals surface area contributed by atoms with E-state index in [1.165, 1.54) is 5.56 Å². The van der Waals surface area contributed by atoms with Crippen LogP contribution >= 0.6 is 0 Å². The molecule has 1 aromatic rings. The number of benzene rings is 1. The van der Waals surface area contributed by atoms with Gasteiger partial charge in [-0.15, -0.1) is 0 Å². The molecule has 0 spiro atoms. The molecule has 1 atom stereocenters. The molecule has 1 aliphatic rings. The molecule has 1 aromatic carbocycles. The van der Waals surface area contributed by atoms with Gasteiger partial charge in [-0.1, -0.05) is 12.1 Å². The largest absolute Gasteiger partial charge is 0.497 e. The van der Waals surface area contributed by atoms with Gasteiger partial charge in [0.05, 0.1) is 13.2 Å². The third kappa shape index (κ3) is 2.31. The monoisotopic (exact) mass is 235 g/mol. The van der Waals surface area contributed by atoms with Gasteiger partial charge in [-0.25, -0.2) is 0 Å². The highest BCUT2D eigenvalue weighted by Gasteiger charge is 2.38. The maximum atomic E-state index is 10.1. The molecule has 0 bridgehead atoms. The summed E-state index contributed by atoms with van der Waals surface area (Å²) in [7, 11) is 1.67. The van der Waals surface area contributed by atoms with Crippen LogP contribution in [0.15, 0.2) is 24.3 Å². The average molecular weight is 235 g/mol. The second-order valence-corrected chi connectivity index (χ2v) is 4.81. The van der Waals surface area contributed by atoms with Crippen molar-refractivity contribution in [2.45, 2.75) is 31.3 Å². The van der Waals surface area contributed by atoms with Crippen molar-refractivity contribution in [3.05, 3.63) is 29.8 Å². The van der Waals surface area contributed by atoms with E-state index in [4.69, 9.17) is 4.74 Å². The van der Waals surface area contributed by atoms with E-state index in [2.05, 4.69) is 17.4 Å². The van der Waals surface area contributed by atoms with Gasteiger partial charge in [-0.3, -0.25) is 0 Å². The van der Waals surface area contributed by atoms with E-state index in [9.17, 15) is 5.11 Å². The summed E-state index contributed by atoms with van der Waals surface area (Å²) in [5, 5.41) is 13.5. The number of hydrogen-bond donors (Lipinski definition) is 2. The molecule has 94 valence electrons. The normalized spacial score (nSPS) is 20.9. The molecule has 17 heavy (non-hydrogen) atoms. The quantitative estimate of drug-likeness (QED) is 0.838. The van der Waals surface area contributed by atoms with Gasteiger partial charge in [0.1, 0.15) is 5.75 Å². The molecule has 0 amide bonds. The van der Waals surface area contributed by atoms with Crippen molar-refractivity contribution < 1.29 is 9.84 Å². The first kappa shape index (κ1) is 12.4. The molecule has 1 saturated heterocycles. The minimum absolute atomic E-state index is 0.0997. The van der Waals surface area contributed by atoms with Crippen LogP contribution in [0.3, 0.4) is 0 Å². The minimum Gasteiger partial charge on any atom is -0.497 e. The first-order valence-corrected chi connectivity index (χ1v) is 6.22. The van der Waals surface area contributed by atoms with E-state index in [1.54, 1.807) is 7.11 Å². The molecule has 0 radical (unpaired) electrons. The number of aliphatic hydroxyl groups excluding tert-OH is 1. The number of rotatable bonds is 3. The Hall–Kier alpha value is -1.06.